The Balaban J connectivity index is 1.59. The highest BCUT2D eigenvalue weighted by Gasteiger charge is 2.49. The zero-order valence-electron chi connectivity index (χ0n) is 25.5. The van der Waals surface area contributed by atoms with Crippen LogP contribution in [-0.4, -0.2) is 51.9 Å². The highest BCUT2D eigenvalue weighted by atomic mass is 16.5. The molecule has 0 bridgehead atoms. The lowest BCUT2D eigenvalue weighted by molar-refractivity contribution is 0.180. The molecule has 1 aliphatic rings. The average molecular weight is 573 g/mol. The highest BCUT2D eigenvalue weighted by Crippen LogP contribution is 2.55. The Morgan fingerprint density at radius 2 is 0.930 bits per heavy atom. The summed E-state index contributed by atoms with van der Waals surface area (Å²) in [5.41, 5.74) is 4.78. The maximum atomic E-state index is 5.68. The van der Waals surface area contributed by atoms with E-state index in [-0.39, 0.29) is 23.9 Å². The van der Waals surface area contributed by atoms with Crippen LogP contribution in [0.1, 0.15) is 46.9 Å². The second-order valence-corrected chi connectivity index (χ2v) is 11.7. The maximum Gasteiger partial charge on any atom is 0.0769 e. The molecule has 0 heterocycles. The summed E-state index contributed by atoms with van der Waals surface area (Å²) >= 11 is 0. The van der Waals surface area contributed by atoms with E-state index in [9.17, 15) is 0 Å². The molecule has 0 N–H and O–H groups in total. The van der Waals surface area contributed by atoms with E-state index >= 15 is 0 Å². The maximum absolute atomic E-state index is 5.68. The smallest absolute Gasteiger partial charge is 0.0769 e. The van der Waals surface area contributed by atoms with Crippen molar-refractivity contribution in [3.63, 3.8) is 0 Å². The van der Waals surface area contributed by atoms with E-state index in [0.29, 0.717) is 13.2 Å². The molecule has 4 nitrogen and oxygen atoms in total. The monoisotopic (exact) mass is 572 g/mol. The first-order chi connectivity index (χ1) is 21.2. The molecule has 0 amide bonds. The fourth-order valence-electron chi connectivity index (χ4n) is 6.69. The van der Waals surface area contributed by atoms with Gasteiger partial charge in [-0.1, -0.05) is 121 Å². The lowest BCUT2D eigenvalue weighted by Crippen LogP contribution is -2.35. The van der Waals surface area contributed by atoms with Crippen LogP contribution in [0, 0.1) is 5.41 Å². The zero-order chi connectivity index (χ0) is 29.7. The van der Waals surface area contributed by atoms with Crippen molar-refractivity contribution in [2.45, 2.75) is 49.6 Å². The summed E-state index contributed by atoms with van der Waals surface area (Å²) < 4.78 is 11.4. The van der Waals surface area contributed by atoms with Gasteiger partial charge in [0, 0.05) is 38.5 Å². The number of rotatable bonds is 14. The van der Waals surface area contributed by atoms with Crippen LogP contribution in [-0.2, 0) is 22.3 Å². The SMILES string of the molecule is COC[C@@H](Cc1ccccc1)N=CC1(C=N[C@@H](COC)Cc2ccccc2)[C@@H](c2ccccc2)CC[C@@H]1c1ccccc1. The molecule has 0 aliphatic heterocycles. The Morgan fingerprint density at radius 3 is 1.28 bits per heavy atom. The van der Waals surface area contributed by atoms with Gasteiger partial charge in [-0.15, -0.1) is 0 Å². The molecule has 0 radical (unpaired) electrons. The number of aliphatic imine (C=N–C) groups is 2. The Labute approximate surface area is 257 Å². The van der Waals surface area contributed by atoms with Crippen molar-refractivity contribution in [2.75, 3.05) is 27.4 Å². The van der Waals surface area contributed by atoms with Gasteiger partial charge < -0.3 is 9.47 Å². The van der Waals surface area contributed by atoms with Gasteiger partial charge >= 0.3 is 0 Å². The minimum absolute atomic E-state index is 0.00483. The molecule has 4 aromatic rings. The average Bonchev–Trinajstić information content (AvgIpc) is 3.44. The fourth-order valence-corrected chi connectivity index (χ4v) is 6.69. The van der Waals surface area contributed by atoms with Gasteiger partial charge in [0.2, 0.25) is 0 Å². The highest BCUT2D eigenvalue weighted by molar-refractivity contribution is 5.93. The minimum Gasteiger partial charge on any atom is -0.382 e. The molecule has 4 aromatic carbocycles. The van der Waals surface area contributed by atoms with Crippen LogP contribution in [0.25, 0.3) is 0 Å². The summed E-state index contributed by atoms with van der Waals surface area (Å²) in [5, 5.41) is 0. The molecule has 0 spiro atoms. The lowest BCUT2D eigenvalue weighted by atomic mass is 9.69. The van der Waals surface area contributed by atoms with Crippen molar-refractivity contribution < 1.29 is 9.47 Å². The van der Waals surface area contributed by atoms with Gasteiger partial charge in [-0.05, 0) is 47.9 Å². The predicted molar refractivity (Wildman–Crippen MR) is 179 cm³/mol. The van der Waals surface area contributed by atoms with Crippen molar-refractivity contribution in [2.24, 2.45) is 15.4 Å². The standard InChI is InChI=1S/C39H44N2O2/c1-42-27-35(25-31-15-7-3-8-16-31)40-29-39(30-41-36(28-43-2)26-32-17-9-4-10-18-32)37(33-19-11-5-12-20-33)23-24-38(39)34-21-13-6-14-22-34/h3-22,29-30,35-38H,23-28H2,1-2H3/t35-,36-,37-,38-/m1/s1. The molecule has 1 aliphatic carbocycles. The van der Waals surface area contributed by atoms with E-state index < -0.39 is 5.41 Å². The third kappa shape index (κ3) is 7.95. The van der Waals surface area contributed by atoms with Gasteiger partial charge in [0.1, 0.15) is 0 Å². The van der Waals surface area contributed by atoms with E-state index in [4.69, 9.17) is 19.5 Å². The molecule has 43 heavy (non-hydrogen) atoms. The second kappa shape index (κ2) is 15.6. The molecule has 5 rings (SSSR count). The number of nitrogens with zero attached hydrogens (tertiary/aromatic N) is 2. The van der Waals surface area contributed by atoms with Gasteiger partial charge in [0.05, 0.1) is 30.7 Å². The van der Waals surface area contributed by atoms with Crippen LogP contribution in [0.15, 0.2) is 131 Å². The van der Waals surface area contributed by atoms with Gasteiger partial charge in [0.25, 0.3) is 0 Å². The van der Waals surface area contributed by atoms with Crippen LogP contribution < -0.4 is 0 Å². The van der Waals surface area contributed by atoms with Gasteiger partial charge in [0.15, 0.2) is 0 Å². The summed E-state index contributed by atoms with van der Waals surface area (Å²) in [6, 6.07) is 43.0. The fraction of sp³-hybridized carbons (Fsp3) is 0.333. The summed E-state index contributed by atoms with van der Waals surface area (Å²) in [6.45, 7) is 1.12. The van der Waals surface area contributed by atoms with Crippen LogP contribution in [0.2, 0.25) is 0 Å². The normalized spacial score (nSPS) is 19.6. The van der Waals surface area contributed by atoms with Gasteiger partial charge in [-0.25, -0.2) is 0 Å². The number of hydrogen-bond donors (Lipinski definition) is 0. The first kappa shape index (κ1) is 30.6. The van der Waals surface area contributed by atoms with Crippen molar-refractivity contribution >= 4 is 12.4 Å². The topological polar surface area (TPSA) is 43.2 Å². The third-order valence-corrected chi connectivity index (χ3v) is 8.72. The molecule has 1 saturated carbocycles. The van der Waals surface area contributed by atoms with Gasteiger partial charge in [-0.3, -0.25) is 9.98 Å². The van der Waals surface area contributed by atoms with Crippen molar-refractivity contribution in [3.8, 4) is 0 Å². The van der Waals surface area contributed by atoms with E-state index in [2.05, 4.69) is 134 Å². The zero-order valence-corrected chi connectivity index (χ0v) is 25.5. The summed E-state index contributed by atoms with van der Waals surface area (Å²) in [4.78, 5) is 10.7. The van der Waals surface area contributed by atoms with Crippen LogP contribution >= 0.6 is 0 Å². The first-order valence-electron chi connectivity index (χ1n) is 15.5. The summed E-state index contributed by atoms with van der Waals surface area (Å²) in [6.07, 6.45) is 8.26. The molecule has 0 aromatic heterocycles. The van der Waals surface area contributed by atoms with E-state index in [1.807, 2.05) is 0 Å². The molecule has 0 saturated heterocycles. The number of ether oxygens (including phenoxy) is 2. The molecular formula is C39H44N2O2. The molecular weight excluding hydrogens is 528 g/mol. The Morgan fingerprint density at radius 1 is 0.581 bits per heavy atom. The quantitative estimate of drug-likeness (QED) is 0.144. The first-order valence-corrected chi connectivity index (χ1v) is 15.5. The minimum atomic E-state index is -0.409. The van der Waals surface area contributed by atoms with E-state index in [1.165, 1.54) is 22.3 Å². The second-order valence-electron chi connectivity index (χ2n) is 11.7. The van der Waals surface area contributed by atoms with Gasteiger partial charge in [-0.2, -0.15) is 0 Å². The molecule has 0 unspecified atom stereocenters. The van der Waals surface area contributed by atoms with E-state index in [1.54, 1.807) is 14.2 Å². The van der Waals surface area contributed by atoms with Crippen molar-refractivity contribution in [1.82, 2.24) is 0 Å². The Bertz CT molecular complexity index is 1300. The van der Waals surface area contributed by atoms with Crippen molar-refractivity contribution in [1.29, 1.82) is 0 Å². The lowest BCUT2D eigenvalue weighted by Gasteiger charge is -2.35. The Kier molecular flexibility index (Phi) is 11.1. The number of benzene rings is 4. The number of methoxy groups -OCH3 is 2. The van der Waals surface area contributed by atoms with E-state index in [0.717, 1.165) is 25.7 Å². The molecule has 4 atom stereocenters. The number of hydrogen-bond acceptors (Lipinski definition) is 4. The summed E-state index contributed by atoms with van der Waals surface area (Å²) in [5.74, 6) is 0.484. The molecule has 222 valence electrons. The largest absolute Gasteiger partial charge is 0.382 e. The van der Waals surface area contributed by atoms with Crippen LogP contribution in [0.4, 0.5) is 0 Å². The van der Waals surface area contributed by atoms with Crippen LogP contribution in [0.5, 0.6) is 0 Å². The Hall–Kier alpha value is -3.86. The van der Waals surface area contributed by atoms with Crippen LogP contribution in [0.3, 0.4) is 0 Å². The van der Waals surface area contributed by atoms with Crippen molar-refractivity contribution in [3.05, 3.63) is 144 Å². The predicted octanol–water partition coefficient (Wildman–Crippen LogP) is 7.99. The molecule has 4 heteroatoms. The third-order valence-electron chi connectivity index (χ3n) is 8.72. The summed E-state index contributed by atoms with van der Waals surface area (Å²) in [7, 11) is 3.53. The molecule has 1 fully saturated rings.